The van der Waals surface area contributed by atoms with Crippen molar-refractivity contribution in [1.82, 2.24) is 10.6 Å². The minimum absolute atomic E-state index is 0.0272. The van der Waals surface area contributed by atoms with Crippen LogP contribution in [0.2, 0.25) is 0 Å². The van der Waals surface area contributed by atoms with Gasteiger partial charge < -0.3 is 16.0 Å². The zero-order valence-electron chi connectivity index (χ0n) is 17.1. The van der Waals surface area contributed by atoms with Crippen LogP contribution in [0, 0.1) is 6.92 Å². The highest BCUT2D eigenvalue weighted by atomic mass is 16.2. The number of nitrogens with one attached hydrogen (secondary N) is 3. The molecule has 2 aromatic carbocycles. The van der Waals surface area contributed by atoms with Crippen molar-refractivity contribution in [3.63, 3.8) is 0 Å². The van der Waals surface area contributed by atoms with E-state index in [4.69, 9.17) is 0 Å². The molecule has 0 radical (unpaired) electrons. The summed E-state index contributed by atoms with van der Waals surface area (Å²) in [6, 6.07) is 13.4. The molecule has 0 saturated carbocycles. The van der Waals surface area contributed by atoms with Gasteiger partial charge in [-0.2, -0.15) is 0 Å². The Morgan fingerprint density at radius 1 is 1.07 bits per heavy atom. The molecule has 1 aliphatic rings. The van der Waals surface area contributed by atoms with Crippen molar-refractivity contribution < 1.29 is 9.59 Å². The Bertz CT molecular complexity index is 884. The molecule has 148 valence electrons. The Morgan fingerprint density at radius 2 is 1.82 bits per heavy atom. The van der Waals surface area contributed by atoms with Gasteiger partial charge in [0.2, 0.25) is 0 Å². The van der Waals surface area contributed by atoms with Gasteiger partial charge in [-0.25, -0.2) is 4.79 Å². The lowest BCUT2D eigenvalue weighted by atomic mass is 9.87. The van der Waals surface area contributed by atoms with Crippen LogP contribution in [0.3, 0.4) is 0 Å². The summed E-state index contributed by atoms with van der Waals surface area (Å²) in [4.78, 5) is 25.1. The van der Waals surface area contributed by atoms with E-state index in [-0.39, 0.29) is 23.5 Å². The first-order valence-corrected chi connectivity index (χ1v) is 9.81. The standard InChI is InChI=1S/C23H29N3O2/c1-15-12-13-17(14-20(15)25-22(28)26-23(2,3)4)21(27)24-19-11-7-9-16-8-5-6-10-18(16)19/h5-6,8,10,12-14,19H,7,9,11H2,1-4H3,(H,24,27)(H2,25,26,28). The first-order valence-electron chi connectivity index (χ1n) is 9.81. The molecule has 1 unspecified atom stereocenters. The Kier molecular flexibility index (Phi) is 5.73. The lowest BCUT2D eigenvalue weighted by Gasteiger charge is -2.26. The fourth-order valence-electron chi connectivity index (χ4n) is 3.54. The lowest BCUT2D eigenvalue weighted by molar-refractivity contribution is 0.0932. The molecule has 3 N–H and O–H groups in total. The minimum atomic E-state index is -0.332. The maximum atomic E-state index is 12.9. The van der Waals surface area contributed by atoms with Crippen molar-refractivity contribution in [1.29, 1.82) is 0 Å². The Morgan fingerprint density at radius 3 is 2.57 bits per heavy atom. The molecule has 28 heavy (non-hydrogen) atoms. The smallest absolute Gasteiger partial charge is 0.319 e. The Balaban J connectivity index is 1.74. The van der Waals surface area contributed by atoms with E-state index in [1.54, 1.807) is 12.1 Å². The van der Waals surface area contributed by atoms with Crippen LogP contribution < -0.4 is 16.0 Å². The van der Waals surface area contributed by atoms with Gasteiger partial charge in [0, 0.05) is 16.8 Å². The van der Waals surface area contributed by atoms with E-state index >= 15 is 0 Å². The van der Waals surface area contributed by atoms with Crippen LogP contribution in [0.4, 0.5) is 10.5 Å². The van der Waals surface area contributed by atoms with Crippen LogP contribution in [-0.4, -0.2) is 17.5 Å². The van der Waals surface area contributed by atoms with Gasteiger partial charge in [-0.15, -0.1) is 0 Å². The molecular formula is C23H29N3O2. The van der Waals surface area contributed by atoms with Crippen molar-refractivity contribution in [3.05, 3.63) is 64.7 Å². The van der Waals surface area contributed by atoms with Crippen molar-refractivity contribution in [3.8, 4) is 0 Å². The highest BCUT2D eigenvalue weighted by molar-refractivity contribution is 5.97. The molecule has 0 heterocycles. The van der Waals surface area contributed by atoms with Crippen molar-refractivity contribution >= 4 is 17.6 Å². The lowest BCUT2D eigenvalue weighted by Crippen LogP contribution is -2.43. The summed E-state index contributed by atoms with van der Waals surface area (Å²) < 4.78 is 0. The van der Waals surface area contributed by atoms with E-state index in [1.807, 2.05) is 45.9 Å². The van der Waals surface area contributed by atoms with Gasteiger partial charge >= 0.3 is 6.03 Å². The molecule has 0 bridgehead atoms. The minimum Gasteiger partial charge on any atom is -0.345 e. The van der Waals surface area contributed by atoms with Gasteiger partial charge in [-0.3, -0.25) is 4.79 Å². The third-order valence-corrected chi connectivity index (χ3v) is 4.91. The van der Waals surface area contributed by atoms with E-state index in [9.17, 15) is 9.59 Å². The number of aryl methyl sites for hydroxylation is 2. The van der Waals surface area contributed by atoms with Gasteiger partial charge in [-0.05, 0) is 75.8 Å². The van der Waals surface area contributed by atoms with Gasteiger partial charge in [0.05, 0.1) is 6.04 Å². The summed E-state index contributed by atoms with van der Waals surface area (Å²) in [5.41, 5.74) is 4.27. The fourth-order valence-corrected chi connectivity index (χ4v) is 3.54. The second-order valence-corrected chi connectivity index (χ2v) is 8.48. The number of benzene rings is 2. The normalized spacial score (nSPS) is 16.1. The van der Waals surface area contributed by atoms with Crippen LogP contribution >= 0.6 is 0 Å². The van der Waals surface area contributed by atoms with Gasteiger partial charge in [0.1, 0.15) is 0 Å². The summed E-state index contributed by atoms with van der Waals surface area (Å²) in [5.74, 6) is -0.124. The molecule has 5 nitrogen and oxygen atoms in total. The van der Waals surface area contributed by atoms with E-state index in [0.717, 1.165) is 24.8 Å². The molecule has 2 aromatic rings. The third-order valence-electron chi connectivity index (χ3n) is 4.91. The van der Waals surface area contributed by atoms with Crippen LogP contribution in [0.1, 0.15) is 66.7 Å². The van der Waals surface area contributed by atoms with E-state index in [1.165, 1.54) is 11.1 Å². The number of amides is 3. The maximum Gasteiger partial charge on any atom is 0.319 e. The molecule has 0 aliphatic heterocycles. The molecule has 1 atom stereocenters. The molecule has 3 amide bonds. The highest BCUT2D eigenvalue weighted by Crippen LogP contribution is 2.30. The third kappa shape index (κ3) is 4.91. The molecule has 3 rings (SSSR count). The average molecular weight is 380 g/mol. The molecular weight excluding hydrogens is 350 g/mol. The monoisotopic (exact) mass is 379 g/mol. The molecule has 0 spiro atoms. The summed E-state index contributed by atoms with van der Waals surface area (Å²) in [7, 11) is 0. The number of hydrogen-bond acceptors (Lipinski definition) is 2. The van der Waals surface area contributed by atoms with Gasteiger partial charge in [0.15, 0.2) is 0 Å². The van der Waals surface area contributed by atoms with E-state index in [2.05, 4.69) is 28.1 Å². The first kappa shape index (κ1) is 19.9. The van der Waals surface area contributed by atoms with Crippen LogP contribution in [0.5, 0.6) is 0 Å². The predicted octanol–water partition coefficient (Wildman–Crippen LogP) is 4.72. The van der Waals surface area contributed by atoms with Gasteiger partial charge in [0.25, 0.3) is 5.91 Å². The number of carbonyl (C=O) groups excluding carboxylic acids is 2. The largest absolute Gasteiger partial charge is 0.345 e. The van der Waals surface area contributed by atoms with Crippen molar-refractivity contribution in [2.45, 2.75) is 58.5 Å². The van der Waals surface area contributed by atoms with Crippen LogP contribution in [-0.2, 0) is 6.42 Å². The fraction of sp³-hybridized carbons (Fsp3) is 0.391. The number of anilines is 1. The van der Waals surface area contributed by atoms with Gasteiger partial charge in [-0.1, -0.05) is 30.3 Å². The topological polar surface area (TPSA) is 70.2 Å². The summed E-state index contributed by atoms with van der Waals surface area (Å²) in [6.07, 6.45) is 3.06. The summed E-state index contributed by atoms with van der Waals surface area (Å²) in [6.45, 7) is 7.67. The van der Waals surface area contributed by atoms with E-state index in [0.29, 0.717) is 11.3 Å². The number of fused-ring (bicyclic) bond motifs is 1. The SMILES string of the molecule is Cc1ccc(C(=O)NC2CCCc3ccccc32)cc1NC(=O)NC(C)(C)C. The maximum absolute atomic E-state index is 12.9. The Hall–Kier alpha value is -2.82. The molecule has 0 fully saturated rings. The second kappa shape index (κ2) is 8.05. The molecule has 0 saturated heterocycles. The molecule has 1 aliphatic carbocycles. The molecule has 5 heteroatoms. The number of urea groups is 1. The predicted molar refractivity (Wildman–Crippen MR) is 113 cm³/mol. The number of rotatable bonds is 3. The zero-order chi connectivity index (χ0) is 20.3. The quantitative estimate of drug-likeness (QED) is 0.722. The zero-order valence-corrected chi connectivity index (χ0v) is 17.1. The van der Waals surface area contributed by atoms with Crippen LogP contribution in [0.15, 0.2) is 42.5 Å². The summed E-state index contributed by atoms with van der Waals surface area (Å²) >= 11 is 0. The van der Waals surface area contributed by atoms with Crippen LogP contribution in [0.25, 0.3) is 0 Å². The highest BCUT2D eigenvalue weighted by Gasteiger charge is 2.22. The first-order chi connectivity index (χ1) is 13.2. The average Bonchev–Trinajstić information content (AvgIpc) is 2.62. The second-order valence-electron chi connectivity index (χ2n) is 8.48. The molecule has 0 aromatic heterocycles. The van der Waals surface area contributed by atoms with E-state index < -0.39 is 0 Å². The van der Waals surface area contributed by atoms with Crippen molar-refractivity contribution in [2.24, 2.45) is 0 Å². The Labute approximate surface area is 166 Å². The number of hydrogen-bond donors (Lipinski definition) is 3. The summed E-state index contributed by atoms with van der Waals surface area (Å²) in [5, 5.41) is 8.88. The number of carbonyl (C=O) groups is 2. The van der Waals surface area contributed by atoms with Crippen molar-refractivity contribution in [2.75, 3.05) is 5.32 Å².